The van der Waals surface area contributed by atoms with E-state index in [9.17, 15) is 4.79 Å². The van der Waals surface area contributed by atoms with E-state index in [1.807, 2.05) is 36.4 Å². The van der Waals surface area contributed by atoms with Gasteiger partial charge in [-0.05, 0) is 42.0 Å². The second-order valence-corrected chi connectivity index (χ2v) is 6.95. The van der Waals surface area contributed by atoms with Gasteiger partial charge >= 0.3 is 0 Å². The zero-order valence-electron chi connectivity index (χ0n) is 11.0. The normalized spacial score (nSPS) is 13.5. The molecule has 2 N–H and O–H groups in total. The summed E-state index contributed by atoms with van der Waals surface area (Å²) in [5.74, 6) is 0.525. The average Bonchev–Trinajstić information content (AvgIpc) is 2.47. The maximum absolute atomic E-state index is 11.4. The van der Waals surface area contributed by atoms with Crippen molar-refractivity contribution in [2.24, 2.45) is 0 Å². The van der Waals surface area contributed by atoms with Crippen LogP contribution in [0.2, 0.25) is 5.02 Å². The lowest BCUT2D eigenvalue weighted by Gasteiger charge is -2.17. The highest BCUT2D eigenvalue weighted by Crippen LogP contribution is 2.33. The number of thioether (sulfide) groups is 1. The van der Waals surface area contributed by atoms with Gasteiger partial charge in [-0.2, -0.15) is 0 Å². The van der Waals surface area contributed by atoms with Crippen molar-refractivity contribution in [1.29, 1.82) is 0 Å². The molecule has 0 saturated heterocycles. The Kier molecular flexibility index (Phi) is 4.42. The van der Waals surface area contributed by atoms with Crippen LogP contribution < -0.4 is 10.6 Å². The molecule has 0 fully saturated rings. The van der Waals surface area contributed by atoms with Gasteiger partial charge in [-0.1, -0.05) is 27.5 Å². The monoisotopic (exact) mass is 382 g/mol. The molecule has 0 aromatic heterocycles. The molecule has 0 spiro atoms. The van der Waals surface area contributed by atoms with Crippen LogP contribution in [0.4, 0.5) is 11.4 Å². The summed E-state index contributed by atoms with van der Waals surface area (Å²) in [6, 6.07) is 11.7. The van der Waals surface area contributed by atoms with E-state index in [0.717, 1.165) is 26.3 Å². The Hall–Kier alpha value is -1.17. The van der Waals surface area contributed by atoms with Crippen LogP contribution >= 0.6 is 39.3 Å². The number of anilines is 2. The van der Waals surface area contributed by atoms with E-state index in [4.69, 9.17) is 11.6 Å². The van der Waals surface area contributed by atoms with Gasteiger partial charge in [0.1, 0.15) is 0 Å². The van der Waals surface area contributed by atoms with Crippen LogP contribution in [-0.2, 0) is 11.3 Å². The number of fused-ring (bicyclic) bond motifs is 1. The Morgan fingerprint density at radius 2 is 2.14 bits per heavy atom. The van der Waals surface area contributed by atoms with E-state index >= 15 is 0 Å². The number of amides is 1. The molecular formula is C15H12BrClN2OS. The molecule has 21 heavy (non-hydrogen) atoms. The minimum absolute atomic E-state index is 0.0437. The molecule has 108 valence electrons. The van der Waals surface area contributed by atoms with Crippen molar-refractivity contribution in [1.82, 2.24) is 0 Å². The first-order valence-electron chi connectivity index (χ1n) is 6.36. The summed E-state index contributed by atoms with van der Waals surface area (Å²) >= 11 is 11.1. The largest absolute Gasteiger partial charge is 0.381 e. The second kappa shape index (κ2) is 6.30. The van der Waals surface area contributed by atoms with E-state index in [-0.39, 0.29) is 5.91 Å². The predicted octanol–water partition coefficient (Wildman–Crippen LogP) is 4.76. The lowest BCUT2D eigenvalue weighted by atomic mass is 10.2. The SMILES string of the molecule is O=C1CSc2ccc(NCc3cc(Cl)ccc3Br)cc2N1. The third-order valence-corrected chi connectivity index (χ3v) is 5.19. The molecule has 0 saturated carbocycles. The molecule has 1 amide bonds. The minimum atomic E-state index is 0.0437. The third-order valence-electron chi connectivity index (χ3n) is 3.10. The van der Waals surface area contributed by atoms with Gasteiger partial charge in [0.15, 0.2) is 0 Å². The molecular weight excluding hydrogens is 372 g/mol. The standard InChI is InChI=1S/C15H12BrClN2OS/c16-12-3-1-10(17)5-9(12)7-18-11-2-4-14-13(6-11)19-15(20)8-21-14/h1-6,18H,7-8H2,(H,19,20). The summed E-state index contributed by atoms with van der Waals surface area (Å²) < 4.78 is 1.02. The van der Waals surface area contributed by atoms with Crippen molar-refractivity contribution in [3.05, 3.63) is 51.5 Å². The Morgan fingerprint density at radius 1 is 1.29 bits per heavy atom. The molecule has 1 aliphatic rings. The Balaban J connectivity index is 1.75. The van der Waals surface area contributed by atoms with Crippen molar-refractivity contribution in [3.63, 3.8) is 0 Å². The molecule has 1 heterocycles. The van der Waals surface area contributed by atoms with Crippen LogP contribution in [-0.4, -0.2) is 11.7 Å². The molecule has 0 radical (unpaired) electrons. The smallest absolute Gasteiger partial charge is 0.234 e. The van der Waals surface area contributed by atoms with E-state index in [1.165, 1.54) is 0 Å². The number of hydrogen-bond donors (Lipinski definition) is 2. The van der Waals surface area contributed by atoms with Crippen molar-refractivity contribution < 1.29 is 4.79 Å². The molecule has 0 bridgehead atoms. The summed E-state index contributed by atoms with van der Waals surface area (Å²) in [5, 5.41) is 6.95. The van der Waals surface area contributed by atoms with Crippen LogP contribution in [0.1, 0.15) is 5.56 Å². The number of halogens is 2. The number of carbonyl (C=O) groups excluding carboxylic acids is 1. The van der Waals surface area contributed by atoms with E-state index < -0.39 is 0 Å². The first-order chi connectivity index (χ1) is 10.1. The van der Waals surface area contributed by atoms with Gasteiger partial charge in [0.2, 0.25) is 5.91 Å². The number of hydrogen-bond acceptors (Lipinski definition) is 3. The summed E-state index contributed by atoms with van der Waals surface area (Å²) in [5.41, 5.74) is 2.91. The average molecular weight is 384 g/mol. The van der Waals surface area contributed by atoms with Crippen LogP contribution in [0.25, 0.3) is 0 Å². The zero-order valence-corrected chi connectivity index (χ0v) is 14.1. The molecule has 0 atom stereocenters. The first kappa shape index (κ1) is 14.8. The summed E-state index contributed by atoms with van der Waals surface area (Å²) in [6.45, 7) is 0.654. The van der Waals surface area contributed by atoms with Crippen molar-refractivity contribution >= 4 is 56.6 Å². The Bertz CT molecular complexity index is 708. The lowest BCUT2D eigenvalue weighted by molar-refractivity contribution is -0.113. The molecule has 6 heteroatoms. The molecule has 1 aliphatic heterocycles. The van der Waals surface area contributed by atoms with Crippen molar-refractivity contribution in [2.45, 2.75) is 11.4 Å². The van der Waals surface area contributed by atoms with Gasteiger partial charge in [-0.15, -0.1) is 11.8 Å². The maximum Gasteiger partial charge on any atom is 0.234 e. The fraction of sp³-hybridized carbons (Fsp3) is 0.133. The van der Waals surface area contributed by atoms with Crippen LogP contribution in [0, 0.1) is 0 Å². The zero-order chi connectivity index (χ0) is 14.8. The van der Waals surface area contributed by atoms with Gasteiger partial charge < -0.3 is 10.6 Å². The van der Waals surface area contributed by atoms with E-state index in [0.29, 0.717) is 17.3 Å². The highest BCUT2D eigenvalue weighted by molar-refractivity contribution is 9.10. The van der Waals surface area contributed by atoms with Crippen LogP contribution in [0.3, 0.4) is 0 Å². The minimum Gasteiger partial charge on any atom is -0.381 e. The maximum atomic E-state index is 11.4. The second-order valence-electron chi connectivity index (χ2n) is 4.64. The molecule has 2 aromatic rings. The van der Waals surface area contributed by atoms with Gasteiger partial charge in [0, 0.05) is 26.6 Å². The molecule has 0 unspecified atom stereocenters. The van der Waals surface area contributed by atoms with Gasteiger partial charge in [0.25, 0.3) is 0 Å². The fourth-order valence-corrected chi connectivity index (χ4v) is 3.44. The number of benzene rings is 2. The quantitative estimate of drug-likeness (QED) is 0.803. The highest BCUT2D eigenvalue weighted by Gasteiger charge is 2.15. The Labute approximate surface area is 140 Å². The predicted molar refractivity (Wildman–Crippen MR) is 92.3 cm³/mol. The van der Waals surface area contributed by atoms with Crippen LogP contribution in [0.5, 0.6) is 0 Å². The fourth-order valence-electron chi connectivity index (χ4n) is 2.07. The summed E-state index contributed by atoms with van der Waals surface area (Å²) in [4.78, 5) is 12.5. The van der Waals surface area contributed by atoms with Gasteiger partial charge in [-0.25, -0.2) is 0 Å². The Morgan fingerprint density at radius 3 is 3.00 bits per heavy atom. The van der Waals surface area contributed by atoms with E-state index in [1.54, 1.807) is 11.8 Å². The molecule has 0 aliphatic carbocycles. The number of carbonyl (C=O) groups is 1. The molecule has 3 nitrogen and oxygen atoms in total. The first-order valence-corrected chi connectivity index (χ1v) is 8.52. The number of nitrogens with one attached hydrogen (secondary N) is 2. The van der Waals surface area contributed by atoms with Crippen molar-refractivity contribution in [2.75, 3.05) is 16.4 Å². The third kappa shape index (κ3) is 3.54. The lowest BCUT2D eigenvalue weighted by Crippen LogP contribution is -2.18. The highest BCUT2D eigenvalue weighted by atomic mass is 79.9. The molecule has 3 rings (SSSR count). The van der Waals surface area contributed by atoms with Crippen molar-refractivity contribution in [3.8, 4) is 0 Å². The van der Waals surface area contributed by atoms with Gasteiger partial charge in [-0.3, -0.25) is 4.79 Å². The summed E-state index contributed by atoms with van der Waals surface area (Å²) in [6.07, 6.45) is 0. The molecule has 2 aromatic carbocycles. The van der Waals surface area contributed by atoms with E-state index in [2.05, 4.69) is 26.6 Å². The topological polar surface area (TPSA) is 41.1 Å². The van der Waals surface area contributed by atoms with Gasteiger partial charge in [0.05, 0.1) is 11.4 Å². The van der Waals surface area contributed by atoms with Crippen LogP contribution in [0.15, 0.2) is 45.8 Å². The summed E-state index contributed by atoms with van der Waals surface area (Å²) in [7, 11) is 0. The number of rotatable bonds is 3.